The predicted molar refractivity (Wildman–Crippen MR) is 92.0 cm³/mol. The SMILES string of the molecule is CCOCCOc1ccc(-c2nc(N)nc(C)c2C(=O)NC)cc1. The summed E-state index contributed by atoms with van der Waals surface area (Å²) in [6.45, 7) is 5.36. The Hall–Kier alpha value is -2.67. The number of benzene rings is 1. The van der Waals surface area contributed by atoms with Gasteiger partial charge in [0.05, 0.1) is 23.6 Å². The first-order valence-electron chi connectivity index (χ1n) is 7.74. The minimum Gasteiger partial charge on any atom is -0.491 e. The molecule has 0 saturated carbocycles. The highest BCUT2D eigenvalue weighted by Gasteiger charge is 2.18. The van der Waals surface area contributed by atoms with E-state index in [9.17, 15) is 4.79 Å². The Bertz CT molecular complexity index is 702. The number of aryl methyl sites for hydroxylation is 1. The second-order valence-electron chi connectivity index (χ2n) is 5.04. The Labute approximate surface area is 141 Å². The average molecular weight is 330 g/mol. The van der Waals surface area contributed by atoms with Crippen LogP contribution in [0.4, 0.5) is 5.95 Å². The summed E-state index contributed by atoms with van der Waals surface area (Å²) in [6, 6.07) is 7.32. The zero-order valence-corrected chi connectivity index (χ0v) is 14.1. The minimum atomic E-state index is -0.250. The summed E-state index contributed by atoms with van der Waals surface area (Å²) in [4.78, 5) is 20.4. The molecule has 1 aromatic carbocycles. The fourth-order valence-corrected chi connectivity index (χ4v) is 2.27. The molecule has 7 nitrogen and oxygen atoms in total. The zero-order chi connectivity index (χ0) is 17.5. The van der Waals surface area contributed by atoms with E-state index in [4.69, 9.17) is 15.2 Å². The fraction of sp³-hybridized carbons (Fsp3) is 0.353. The summed E-state index contributed by atoms with van der Waals surface area (Å²) in [6.07, 6.45) is 0. The number of nitrogens with zero attached hydrogens (tertiary/aromatic N) is 2. The van der Waals surface area contributed by atoms with Gasteiger partial charge in [-0.3, -0.25) is 4.79 Å². The molecule has 24 heavy (non-hydrogen) atoms. The molecule has 0 fully saturated rings. The first-order valence-corrected chi connectivity index (χ1v) is 7.74. The molecule has 0 saturated heterocycles. The van der Waals surface area contributed by atoms with Gasteiger partial charge in [0.2, 0.25) is 5.95 Å². The number of nitrogens with one attached hydrogen (secondary N) is 1. The van der Waals surface area contributed by atoms with Crippen LogP contribution in [0.3, 0.4) is 0 Å². The van der Waals surface area contributed by atoms with Crippen LogP contribution >= 0.6 is 0 Å². The monoisotopic (exact) mass is 330 g/mol. The minimum absolute atomic E-state index is 0.132. The third-order valence-electron chi connectivity index (χ3n) is 3.39. The number of anilines is 1. The average Bonchev–Trinajstić information content (AvgIpc) is 2.58. The number of aromatic nitrogens is 2. The highest BCUT2D eigenvalue weighted by atomic mass is 16.5. The van der Waals surface area contributed by atoms with Gasteiger partial charge in [-0.15, -0.1) is 0 Å². The van der Waals surface area contributed by atoms with Crippen LogP contribution < -0.4 is 15.8 Å². The van der Waals surface area contributed by atoms with E-state index < -0.39 is 0 Å². The number of hydrogen-bond acceptors (Lipinski definition) is 6. The highest BCUT2D eigenvalue weighted by molar-refractivity contribution is 6.00. The van der Waals surface area contributed by atoms with Crippen LogP contribution in [0, 0.1) is 6.92 Å². The lowest BCUT2D eigenvalue weighted by Crippen LogP contribution is -2.21. The molecule has 0 atom stereocenters. The summed E-state index contributed by atoms with van der Waals surface area (Å²) < 4.78 is 10.8. The number of carbonyl (C=O) groups excluding carboxylic acids is 1. The first kappa shape index (κ1) is 17.7. The molecule has 0 aliphatic rings. The third kappa shape index (κ3) is 4.20. The first-order chi connectivity index (χ1) is 11.6. The van der Waals surface area contributed by atoms with Gasteiger partial charge in [-0.05, 0) is 38.1 Å². The number of carbonyl (C=O) groups is 1. The van der Waals surface area contributed by atoms with Gasteiger partial charge in [0.1, 0.15) is 12.4 Å². The summed E-state index contributed by atoms with van der Waals surface area (Å²) >= 11 is 0. The third-order valence-corrected chi connectivity index (χ3v) is 3.39. The number of ether oxygens (including phenoxy) is 2. The molecular formula is C17H22N4O3. The van der Waals surface area contributed by atoms with E-state index in [1.807, 2.05) is 31.2 Å². The van der Waals surface area contributed by atoms with Crippen LogP contribution in [0.1, 0.15) is 23.0 Å². The zero-order valence-electron chi connectivity index (χ0n) is 14.1. The van der Waals surface area contributed by atoms with Crippen molar-refractivity contribution in [3.63, 3.8) is 0 Å². The number of hydrogen-bond donors (Lipinski definition) is 2. The van der Waals surface area contributed by atoms with E-state index >= 15 is 0 Å². The Morgan fingerprint density at radius 3 is 2.54 bits per heavy atom. The maximum atomic E-state index is 12.1. The lowest BCUT2D eigenvalue weighted by atomic mass is 10.0. The molecule has 1 heterocycles. The van der Waals surface area contributed by atoms with E-state index in [1.54, 1.807) is 14.0 Å². The molecule has 2 aromatic rings. The van der Waals surface area contributed by atoms with Gasteiger partial charge >= 0.3 is 0 Å². The van der Waals surface area contributed by atoms with Crippen LogP contribution in [-0.2, 0) is 4.74 Å². The van der Waals surface area contributed by atoms with Gasteiger partial charge in [0, 0.05) is 19.2 Å². The second kappa shape index (κ2) is 8.26. The second-order valence-corrected chi connectivity index (χ2v) is 5.04. The Morgan fingerprint density at radius 2 is 1.92 bits per heavy atom. The maximum Gasteiger partial charge on any atom is 0.255 e. The van der Waals surface area contributed by atoms with Crippen LogP contribution in [0.15, 0.2) is 24.3 Å². The van der Waals surface area contributed by atoms with Crippen LogP contribution in [-0.4, -0.2) is 42.7 Å². The summed E-state index contributed by atoms with van der Waals surface area (Å²) in [7, 11) is 1.57. The molecule has 128 valence electrons. The Morgan fingerprint density at radius 1 is 1.21 bits per heavy atom. The summed E-state index contributed by atoms with van der Waals surface area (Å²) in [5.41, 5.74) is 7.96. The largest absolute Gasteiger partial charge is 0.491 e. The van der Waals surface area contributed by atoms with Gasteiger partial charge in [-0.1, -0.05) is 0 Å². The van der Waals surface area contributed by atoms with E-state index in [0.717, 1.165) is 11.3 Å². The van der Waals surface area contributed by atoms with E-state index in [0.29, 0.717) is 36.8 Å². The van der Waals surface area contributed by atoms with Crippen LogP contribution in [0.25, 0.3) is 11.3 Å². The Balaban J connectivity index is 2.26. The normalized spacial score (nSPS) is 10.5. The molecule has 3 N–H and O–H groups in total. The van der Waals surface area contributed by atoms with Crippen molar-refractivity contribution < 1.29 is 14.3 Å². The molecule has 0 bridgehead atoms. The molecule has 1 amide bonds. The number of rotatable bonds is 7. The van der Waals surface area contributed by atoms with Crippen molar-refractivity contribution in [2.24, 2.45) is 0 Å². The van der Waals surface area contributed by atoms with Gasteiger partial charge in [0.25, 0.3) is 5.91 Å². The van der Waals surface area contributed by atoms with E-state index in [1.165, 1.54) is 0 Å². The standard InChI is InChI=1S/C17H22N4O3/c1-4-23-9-10-24-13-7-5-12(6-8-13)15-14(16(22)19-3)11(2)20-17(18)21-15/h5-8H,4,9-10H2,1-3H3,(H,19,22)(H2,18,20,21). The topological polar surface area (TPSA) is 99.4 Å². The van der Waals surface area contributed by atoms with Crippen LogP contribution in [0.5, 0.6) is 5.75 Å². The smallest absolute Gasteiger partial charge is 0.255 e. The van der Waals surface area contributed by atoms with Gasteiger partial charge in [0.15, 0.2) is 0 Å². The number of amides is 1. The lowest BCUT2D eigenvalue weighted by molar-refractivity contribution is 0.0962. The molecule has 0 radical (unpaired) electrons. The van der Waals surface area contributed by atoms with Crippen molar-refractivity contribution >= 4 is 11.9 Å². The van der Waals surface area contributed by atoms with Crippen molar-refractivity contribution in [3.8, 4) is 17.0 Å². The predicted octanol–water partition coefficient (Wildman–Crippen LogP) is 1.81. The van der Waals surface area contributed by atoms with Gasteiger partial charge in [-0.25, -0.2) is 9.97 Å². The van der Waals surface area contributed by atoms with E-state index in [2.05, 4.69) is 15.3 Å². The van der Waals surface area contributed by atoms with Crippen molar-refractivity contribution in [3.05, 3.63) is 35.5 Å². The molecule has 0 aliphatic carbocycles. The van der Waals surface area contributed by atoms with Crippen molar-refractivity contribution in [2.45, 2.75) is 13.8 Å². The molecule has 0 spiro atoms. The summed E-state index contributed by atoms with van der Waals surface area (Å²) in [5, 5.41) is 2.60. The molecule has 1 aromatic heterocycles. The van der Waals surface area contributed by atoms with Crippen molar-refractivity contribution in [1.82, 2.24) is 15.3 Å². The number of nitrogen functional groups attached to an aromatic ring is 1. The molecule has 0 unspecified atom stereocenters. The van der Waals surface area contributed by atoms with Crippen LogP contribution in [0.2, 0.25) is 0 Å². The van der Waals surface area contributed by atoms with Gasteiger partial charge < -0.3 is 20.5 Å². The highest BCUT2D eigenvalue weighted by Crippen LogP contribution is 2.26. The summed E-state index contributed by atoms with van der Waals surface area (Å²) in [5.74, 6) is 0.602. The Kier molecular flexibility index (Phi) is 6.08. The fourth-order valence-electron chi connectivity index (χ4n) is 2.27. The lowest BCUT2D eigenvalue weighted by Gasteiger charge is -2.12. The molecule has 2 rings (SSSR count). The van der Waals surface area contributed by atoms with Crippen molar-refractivity contribution in [1.29, 1.82) is 0 Å². The van der Waals surface area contributed by atoms with Gasteiger partial charge in [-0.2, -0.15) is 0 Å². The number of nitrogens with two attached hydrogens (primary N) is 1. The van der Waals surface area contributed by atoms with Crippen molar-refractivity contribution in [2.75, 3.05) is 32.6 Å². The molecule has 0 aliphatic heterocycles. The quantitative estimate of drug-likeness (QED) is 0.751. The molecule has 7 heteroatoms. The van der Waals surface area contributed by atoms with E-state index in [-0.39, 0.29) is 11.9 Å². The maximum absolute atomic E-state index is 12.1. The molecular weight excluding hydrogens is 308 g/mol.